The molecule has 0 unspecified atom stereocenters. The zero-order valence-corrected chi connectivity index (χ0v) is 6.66. The summed E-state index contributed by atoms with van der Waals surface area (Å²) in [5.41, 5.74) is 0.881. The van der Waals surface area contributed by atoms with Crippen molar-refractivity contribution < 1.29 is 9.84 Å². The molecule has 0 spiro atoms. The van der Waals surface area contributed by atoms with Gasteiger partial charge >= 0.3 is 0 Å². The predicted molar refractivity (Wildman–Crippen MR) is 46.5 cm³/mol. The van der Waals surface area contributed by atoms with Crippen molar-refractivity contribution in [1.82, 2.24) is 4.98 Å². The Morgan fingerprint density at radius 1 is 1.33 bits per heavy atom. The molecule has 0 amide bonds. The number of rotatable bonds is 1. The van der Waals surface area contributed by atoms with Gasteiger partial charge in [-0.3, -0.25) is 0 Å². The van der Waals surface area contributed by atoms with Gasteiger partial charge < -0.3 is 14.8 Å². The minimum atomic E-state index is 0.174. The van der Waals surface area contributed by atoms with Crippen molar-refractivity contribution in [2.75, 3.05) is 7.11 Å². The Bertz CT molecular complexity index is 406. The van der Waals surface area contributed by atoms with Gasteiger partial charge in [0, 0.05) is 5.39 Å². The lowest BCUT2D eigenvalue weighted by molar-refractivity contribution is 0.366. The SMILES string of the molecule is COc1[nH]c2ccccc2c1O. The maximum absolute atomic E-state index is 9.53. The first-order chi connectivity index (χ1) is 5.83. The minimum Gasteiger partial charge on any atom is -0.503 e. The molecule has 2 N–H and O–H groups in total. The number of fused-ring (bicyclic) bond motifs is 1. The van der Waals surface area contributed by atoms with E-state index in [1.807, 2.05) is 24.3 Å². The van der Waals surface area contributed by atoms with E-state index in [2.05, 4.69) is 4.98 Å². The molecular formula is C9H9NO2. The van der Waals surface area contributed by atoms with Crippen molar-refractivity contribution in [1.29, 1.82) is 0 Å². The van der Waals surface area contributed by atoms with E-state index in [9.17, 15) is 5.11 Å². The van der Waals surface area contributed by atoms with Crippen molar-refractivity contribution in [3.05, 3.63) is 24.3 Å². The third-order valence-electron chi connectivity index (χ3n) is 1.85. The summed E-state index contributed by atoms with van der Waals surface area (Å²) in [6.45, 7) is 0. The number of nitrogens with one attached hydrogen (secondary N) is 1. The van der Waals surface area contributed by atoms with Crippen LogP contribution in [0.2, 0.25) is 0 Å². The van der Waals surface area contributed by atoms with Gasteiger partial charge in [0.05, 0.1) is 12.6 Å². The third-order valence-corrected chi connectivity index (χ3v) is 1.85. The summed E-state index contributed by atoms with van der Waals surface area (Å²) in [6.07, 6.45) is 0. The molecule has 62 valence electrons. The second-order valence-corrected chi connectivity index (χ2v) is 2.55. The topological polar surface area (TPSA) is 45.2 Å². The Balaban J connectivity index is 2.78. The first-order valence-corrected chi connectivity index (χ1v) is 3.66. The van der Waals surface area contributed by atoms with Gasteiger partial charge in [-0.25, -0.2) is 0 Å². The van der Waals surface area contributed by atoms with E-state index in [1.54, 1.807) is 0 Å². The summed E-state index contributed by atoms with van der Waals surface area (Å²) in [7, 11) is 1.52. The second kappa shape index (κ2) is 2.44. The molecule has 0 atom stereocenters. The number of benzene rings is 1. The number of para-hydroxylation sites is 1. The Hall–Kier alpha value is -1.64. The highest BCUT2D eigenvalue weighted by atomic mass is 16.5. The number of ether oxygens (including phenoxy) is 1. The van der Waals surface area contributed by atoms with Crippen molar-refractivity contribution in [3.8, 4) is 11.6 Å². The molecule has 3 nitrogen and oxygen atoms in total. The second-order valence-electron chi connectivity index (χ2n) is 2.55. The summed E-state index contributed by atoms with van der Waals surface area (Å²) < 4.78 is 4.92. The summed E-state index contributed by atoms with van der Waals surface area (Å²) in [6, 6.07) is 7.49. The fourth-order valence-corrected chi connectivity index (χ4v) is 1.25. The van der Waals surface area contributed by atoms with Crippen LogP contribution in [0.3, 0.4) is 0 Å². The molecule has 1 heterocycles. The lowest BCUT2D eigenvalue weighted by Crippen LogP contribution is -1.80. The van der Waals surface area contributed by atoms with E-state index in [0.717, 1.165) is 10.9 Å². The molecule has 0 saturated heterocycles. The number of methoxy groups -OCH3 is 1. The van der Waals surface area contributed by atoms with Crippen molar-refractivity contribution in [2.45, 2.75) is 0 Å². The molecule has 0 aliphatic rings. The number of H-pyrrole nitrogens is 1. The molecule has 1 aromatic heterocycles. The number of hydrogen-bond acceptors (Lipinski definition) is 2. The fourth-order valence-electron chi connectivity index (χ4n) is 1.25. The largest absolute Gasteiger partial charge is 0.503 e. The number of aromatic amines is 1. The van der Waals surface area contributed by atoms with E-state index in [1.165, 1.54) is 7.11 Å². The molecule has 2 rings (SSSR count). The molecule has 0 aliphatic heterocycles. The molecular weight excluding hydrogens is 154 g/mol. The monoisotopic (exact) mass is 163 g/mol. The number of hydrogen-bond donors (Lipinski definition) is 2. The Morgan fingerprint density at radius 3 is 2.75 bits per heavy atom. The van der Waals surface area contributed by atoms with Gasteiger partial charge in [0.2, 0.25) is 5.88 Å². The zero-order valence-electron chi connectivity index (χ0n) is 6.66. The summed E-state index contributed by atoms with van der Waals surface area (Å²) in [4.78, 5) is 2.94. The van der Waals surface area contributed by atoms with Crippen molar-refractivity contribution in [3.63, 3.8) is 0 Å². The fraction of sp³-hybridized carbons (Fsp3) is 0.111. The maximum Gasteiger partial charge on any atom is 0.235 e. The van der Waals surface area contributed by atoms with E-state index in [4.69, 9.17) is 4.74 Å². The van der Waals surface area contributed by atoms with E-state index < -0.39 is 0 Å². The Kier molecular flexibility index (Phi) is 1.43. The average molecular weight is 163 g/mol. The van der Waals surface area contributed by atoms with Gasteiger partial charge in [-0.2, -0.15) is 0 Å². The number of aromatic hydroxyl groups is 1. The predicted octanol–water partition coefficient (Wildman–Crippen LogP) is 1.88. The highest BCUT2D eigenvalue weighted by Crippen LogP contribution is 2.33. The average Bonchev–Trinajstić information content (AvgIpc) is 2.44. The lowest BCUT2D eigenvalue weighted by Gasteiger charge is -1.93. The van der Waals surface area contributed by atoms with Crippen LogP contribution in [0.5, 0.6) is 11.6 Å². The zero-order chi connectivity index (χ0) is 8.55. The maximum atomic E-state index is 9.53. The van der Waals surface area contributed by atoms with Crippen LogP contribution < -0.4 is 4.74 Å². The smallest absolute Gasteiger partial charge is 0.235 e. The van der Waals surface area contributed by atoms with Crippen LogP contribution in [-0.2, 0) is 0 Å². The molecule has 0 aliphatic carbocycles. The lowest BCUT2D eigenvalue weighted by atomic mass is 10.2. The molecule has 0 saturated carbocycles. The van der Waals surface area contributed by atoms with Gasteiger partial charge in [-0.1, -0.05) is 12.1 Å². The molecule has 2 aromatic rings. The quantitative estimate of drug-likeness (QED) is 0.674. The standard InChI is InChI=1S/C9H9NO2/c1-12-9-8(11)6-4-2-3-5-7(6)10-9/h2-5,10-11H,1H3. The van der Waals surface area contributed by atoms with Gasteiger partial charge in [-0.05, 0) is 12.1 Å². The first-order valence-electron chi connectivity index (χ1n) is 3.66. The highest BCUT2D eigenvalue weighted by molar-refractivity contribution is 5.88. The van der Waals surface area contributed by atoms with Crippen LogP contribution >= 0.6 is 0 Å². The molecule has 12 heavy (non-hydrogen) atoms. The Morgan fingerprint density at radius 2 is 2.08 bits per heavy atom. The first kappa shape index (κ1) is 7.03. The summed E-state index contributed by atoms with van der Waals surface area (Å²) >= 11 is 0. The van der Waals surface area contributed by atoms with Crippen LogP contribution in [0.25, 0.3) is 10.9 Å². The number of aromatic nitrogens is 1. The van der Waals surface area contributed by atoms with Crippen LogP contribution in [0.1, 0.15) is 0 Å². The van der Waals surface area contributed by atoms with Crippen LogP contribution in [0.15, 0.2) is 24.3 Å². The minimum absolute atomic E-state index is 0.174. The van der Waals surface area contributed by atoms with E-state index in [-0.39, 0.29) is 5.75 Å². The summed E-state index contributed by atoms with van der Waals surface area (Å²) in [5, 5.41) is 10.3. The Labute approximate surface area is 69.6 Å². The van der Waals surface area contributed by atoms with Crippen LogP contribution in [0.4, 0.5) is 0 Å². The normalized spacial score (nSPS) is 10.4. The van der Waals surface area contributed by atoms with Crippen LogP contribution in [-0.4, -0.2) is 17.2 Å². The van der Waals surface area contributed by atoms with Gasteiger partial charge in [0.25, 0.3) is 0 Å². The highest BCUT2D eigenvalue weighted by Gasteiger charge is 2.08. The van der Waals surface area contributed by atoms with E-state index in [0.29, 0.717) is 5.88 Å². The third kappa shape index (κ3) is 0.830. The van der Waals surface area contributed by atoms with Crippen molar-refractivity contribution >= 4 is 10.9 Å². The molecule has 0 radical (unpaired) electrons. The van der Waals surface area contributed by atoms with E-state index >= 15 is 0 Å². The van der Waals surface area contributed by atoms with Gasteiger partial charge in [0.1, 0.15) is 0 Å². The molecule has 1 aromatic carbocycles. The van der Waals surface area contributed by atoms with Crippen LogP contribution in [0, 0.1) is 0 Å². The van der Waals surface area contributed by atoms with Crippen molar-refractivity contribution in [2.24, 2.45) is 0 Å². The molecule has 0 fully saturated rings. The molecule has 0 bridgehead atoms. The van der Waals surface area contributed by atoms with Gasteiger partial charge in [0.15, 0.2) is 5.75 Å². The molecule has 3 heteroatoms. The summed E-state index contributed by atoms with van der Waals surface area (Å²) in [5.74, 6) is 0.587. The van der Waals surface area contributed by atoms with Gasteiger partial charge in [-0.15, -0.1) is 0 Å².